The lowest BCUT2D eigenvalue weighted by atomic mass is 10.2. The SMILES string of the molecule is Nn1c(COc2cccc(Br)c2)nnc1SCC(=O)NC[C@@H]1CCCO1. The van der Waals surface area contributed by atoms with Gasteiger partial charge in [0.1, 0.15) is 12.4 Å². The van der Waals surface area contributed by atoms with E-state index in [1.165, 1.54) is 16.4 Å². The van der Waals surface area contributed by atoms with Crippen LogP contribution in [0.5, 0.6) is 5.75 Å². The van der Waals surface area contributed by atoms with Crippen LogP contribution in [0, 0.1) is 0 Å². The van der Waals surface area contributed by atoms with E-state index in [0.717, 1.165) is 23.9 Å². The van der Waals surface area contributed by atoms with E-state index in [9.17, 15) is 4.79 Å². The van der Waals surface area contributed by atoms with Gasteiger partial charge in [0, 0.05) is 17.6 Å². The Kier molecular flexibility index (Phi) is 6.75. The highest BCUT2D eigenvalue weighted by Gasteiger charge is 2.17. The Hall–Kier alpha value is -1.78. The van der Waals surface area contributed by atoms with Crippen LogP contribution in [0.15, 0.2) is 33.9 Å². The van der Waals surface area contributed by atoms with Gasteiger partial charge in [0.25, 0.3) is 0 Å². The molecule has 2 heterocycles. The van der Waals surface area contributed by atoms with Crippen LogP contribution in [0.4, 0.5) is 0 Å². The van der Waals surface area contributed by atoms with E-state index in [4.69, 9.17) is 15.3 Å². The summed E-state index contributed by atoms with van der Waals surface area (Å²) < 4.78 is 13.4. The standard InChI is InChI=1S/C16H20BrN5O3S/c17-11-3-1-4-12(7-11)25-9-14-20-21-16(22(14)18)26-10-15(23)19-8-13-5-2-6-24-13/h1,3-4,7,13H,2,5-6,8-10,18H2,(H,19,23)/t13-/m0/s1. The van der Waals surface area contributed by atoms with Gasteiger partial charge >= 0.3 is 0 Å². The molecule has 1 aromatic heterocycles. The topological polar surface area (TPSA) is 104 Å². The summed E-state index contributed by atoms with van der Waals surface area (Å²) in [6.45, 7) is 1.50. The zero-order valence-electron chi connectivity index (χ0n) is 14.1. The first kappa shape index (κ1) is 19.0. The fraction of sp³-hybridized carbons (Fsp3) is 0.438. The summed E-state index contributed by atoms with van der Waals surface area (Å²) in [4.78, 5) is 11.9. The second kappa shape index (κ2) is 9.24. The van der Waals surface area contributed by atoms with Crippen LogP contribution in [-0.4, -0.2) is 45.8 Å². The number of amides is 1. The van der Waals surface area contributed by atoms with Crippen LogP contribution < -0.4 is 15.9 Å². The van der Waals surface area contributed by atoms with Gasteiger partial charge < -0.3 is 20.6 Å². The molecule has 0 aliphatic carbocycles. The van der Waals surface area contributed by atoms with E-state index in [1.807, 2.05) is 24.3 Å². The Morgan fingerprint density at radius 1 is 1.50 bits per heavy atom. The van der Waals surface area contributed by atoms with Gasteiger partial charge in [-0.3, -0.25) is 4.79 Å². The minimum Gasteiger partial charge on any atom is -0.485 e. The van der Waals surface area contributed by atoms with Crippen LogP contribution >= 0.6 is 27.7 Å². The molecule has 3 N–H and O–H groups in total. The van der Waals surface area contributed by atoms with Crippen molar-refractivity contribution in [2.75, 3.05) is 24.7 Å². The van der Waals surface area contributed by atoms with Gasteiger partial charge in [-0.2, -0.15) is 0 Å². The number of aromatic nitrogens is 3. The summed E-state index contributed by atoms with van der Waals surface area (Å²) in [7, 11) is 0. The summed E-state index contributed by atoms with van der Waals surface area (Å²) >= 11 is 4.62. The van der Waals surface area contributed by atoms with Gasteiger partial charge in [-0.15, -0.1) is 10.2 Å². The molecule has 1 aromatic carbocycles. The van der Waals surface area contributed by atoms with Crippen molar-refractivity contribution in [1.29, 1.82) is 0 Å². The number of carbonyl (C=O) groups excluding carboxylic acids is 1. The number of thioether (sulfide) groups is 1. The summed E-state index contributed by atoms with van der Waals surface area (Å²) in [6.07, 6.45) is 2.17. The van der Waals surface area contributed by atoms with Gasteiger partial charge in [-0.1, -0.05) is 33.8 Å². The lowest BCUT2D eigenvalue weighted by molar-refractivity contribution is -0.119. The molecular formula is C16H20BrN5O3S. The number of nitrogen functional groups attached to an aromatic ring is 1. The molecule has 1 aliphatic rings. The first-order chi connectivity index (χ1) is 12.6. The molecule has 1 saturated heterocycles. The van der Waals surface area contributed by atoms with E-state index in [0.29, 0.717) is 23.3 Å². The zero-order valence-corrected chi connectivity index (χ0v) is 16.5. The Balaban J connectivity index is 1.45. The first-order valence-corrected chi connectivity index (χ1v) is 9.98. The van der Waals surface area contributed by atoms with Gasteiger partial charge in [0.05, 0.1) is 11.9 Å². The van der Waals surface area contributed by atoms with Crippen molar-refractivity contribution in [2.45, 2.75) is 30.7 Å². The van der Waals surface area contributed by atoms with Crippen molar-refractivity contribution >= 4 is 33.6 Å². The number of halogens is 1. The van der Waals surface area contributed by atoms with Gasteiger partial charge in [0.15, 0.2) is 5.82 Å². The number of rotatable bonds is 8. The monoisotopic (exact) mass is 441 g/mol. The van der Waals surface area contributed by atoms with Crippen molar-refractivity contribution in [3.05, 3.63) is 34.6 Å². The molecule has 3 rings (SSSR count). The molecule has 8 nitrogen and oxygen atoms in total. The number of ether oxygens (including phenoxy) is 2. The molecular weight excluding hydrogens is 422 g/mol. The van der Waals surface area contributed by atoms with E-state index >= 15 is 0 Å². The lowest BCUT2D eigenvalue weighted by Gasteiger charge is -2.10. The Morgan fingerprint density at radius 2 is 2.38 bits per heavy atom. The molecule has 2 aromatic rings. The Bertz CT molecular complexity index is 751. The van der Waals surface area contributed by atoms with E-state index in [1.54, 1.807) is 0 Å². The average Bonchev–Trinajstić information content (AvgIpc) is 3.27. The molecule has 0 bridgehead atoms. The number of nitrogens with zero attached hydrogens (tertiary/aromatic N) is 3. The number of hydrogen-bond donors (Lipinski definition) is 2. The highest BCUT2D eigenvalue weighted by molar-refractivity contribution is 9.10. The fourth-order valence-corrected chi connectivity index (χ4v) is 3.51. The van der Waals surface area contributed by atoms with Crippen LogP contribution in [0.25, 0.3) is 0 Å². The van der Waals surface area contributed by atoms with Gasteiger partial charge in [-0.05, 0) is 31.0 Å². The predicted octanol–water partition coefficient (Wildman–Crippen LogP) is 1.72. The molecule has 1 amide bonds. The maximum atomic E-state index is 11.9. The van der Waals surface area contributed by atoms with Crippen LogP contribution in [0.1, 0.15) is 18.7 Å². The quantitative estimate of drug-likeness (QED) is 0.474. The number of nitrogens with one attached hydrogen (secondary N) is 1. The van der Waals surface area contributed by atoms with Crippen molar-refractivity contribution < 1.29 is 14.3 Å². The van der Waals surface area contributed by atoms with Crippen LogP contribution in [-0.2, 0) is 16.1 Å². The molecule has 0 spiro atoms. The number of hydrogen-bond acceptors (Lipinski definition) is 7. The third-order valence-electron chi connectivity index (χ3n) is 3.78. The van der Waals surface area contributed by atoms with Crippen molar-refractivity contribution in [1.82, 2.24) is 20.2 Å². The Labute approximate surface area is 163 Å². The van der Waals surface area contributed by atoms with Gasteiger partial charge in [0.2, 0.25) is 11.1 Å². The first-order valence-electron chi connectivity index (χ1n) is 8.20. The van der Waals surface area contributed by atoms with E-state index in [-0.39, 0.29) is 24.4 Å². The summed E-state index contributed by atoms with van der Waals surface area (Å²) in [5.74, 6) is 7.30. The molecule has 0 unspecified atom stereocenters. The molecule has 0 radical (unpaired) electrons. The molecule has 10 heteroatoms. The maximum absolute atomic E-state index is 11.9. The number of benzene rings is 1. The second-order valence-electron chi connectivity index (χ2n) is 5.74. The second-order valence-corrected chi connectivity index (χ2v) is 7.60. The normalized spacial score (nSPS) is 16.6. The van der Waals surface area contributed by atoms with Gasteiger partial charge in [-0.25, -0.2) is 4.68 Å². The minimum absolute atomic E-state index is 0.0829. The van der Waals surface area contributed by atoms with Crippen LogP contribution in [0.2, 0.25) is 0 Å². The third-order valence-corrected chi connectivity index (χ3v) is 5.22. The maximum Gasteiger partial charge on any atom is 0.230 e. The predicted molar refractivity (Wildman–Crippen MR) is 101 cm³/mol. The molecule has 1 aliphatic heterocycles. The smallest absolute Gasteiger partial charge is 0.230 e. The lowest BCUT2D eigenvalue weighted by Crippen LogP contribution is -2.33. The zero-order chi connectivity index (χ0) is 18.4. The number of nitrogens with two attached hydrogens (primary N) is 1. The molecule has 1 fully saturated rings. The van der Waals surface area contributed by atoms with Crippen LogP contribution in [0.3, 0.4) is 0 Å². The minimum atomic E-state index is -0.0829. The highest BCUT2D eigenvalue weighted by Crippen LogP contribution is 2.19. The van der Waals surface area contributed by atoms with Crippen molar-refractivity contribution in [3.8, 4) is 5.75 Å². The molecule has 140 valence electrons. The van der Waals surface area contributed by atoms with Crippen molar-refractivity contribution in [2.24, 2.45) is 0 Å². The summed E-state index contributed by atoms with van der Waals surface area (Å²) in [5, 5.41) is 11.4. The summed E-state index contributed by atoms with van der Waals surface area (Å²) in [5.41, 5.74) is 0. The molecule has 26 heavy (non-hydrogen) atoms. The number of carbonyl (C=O) groups is 1. The summed E-state index contributed by atoms with van der Waals surface area (Å²) in [6, 6.07) is 7.49. The largest absolute Gasteiger partial charge is 0.485 e. The Morgan fingerprint density at radius 3 is 3.15 bits per heavy atom. The molecule has 1 atom stereocenters. The fourth-order valence-electron chi connectivity index (χ4n) is 2.42. The van der Waals surface area contributed by atoms with Crippen molar-refractivity contribution in [3.63, 3.8) is 0 Å². The van der Waals surface area contributed by atoms with E-state index in [2.05, 4.69) is 31.4 Å². The third kappa shape index (κ3) is 5.36. The van der Waals surface area contributed by atoms with E-state index < -0.39 is 0 Å². The molecule has 0 saturated carbocycles. The highest BCUT2D eigenvalue weighted by atomic mass is 79.9. The average molecular weight is 442 g/mol.